The van der Waals surface area contributed by atoms with E-state index >= 15 is 0 Å². The minimum atomic E-state index is -0.252. The average molecular weight is 339 g/mol. The van der Waals surface area contributed by atoms with Crippen molar-refractivity contribution in [3.63, 3.8) is 0 Å². The SMILES string of the molecule is Nc1ccncc1C(=O)Nc1cccc(I)c1. The van der Waals surface area contributed by atoms with Crippen LogP contribution < -0.4 is 11.1 Å². The Kier molecular flexibility index (Phi) is 3.58. The van der Waals surface area contributed by atoms with E-state index in [2.05, 4.69) is 32.9 Å². The van der Waals surface area contributed by atoms with Gasteiger partial charge in [-0.3, -0.25) is 9.78 Å². The molecule has 0 aliphatic carbocycles. The molecule has 2 aromatic rings. The Morgan fingerprint density at radius 2 is 2.18 bits per heavy atom. The molecule has 0 fully saturated rings. The van der Waals surface area contributed by atoms with Crippen LogP contribution in [-0.4, -0.2) is 10.9 Å². The minimum absolute atomic E-state index is 0.252. The number of benzene rings is 1. The number of aromatic nitrogens is 1. The van der Waals surface area contributed by atoms with Gasteiger partial charge in [0.2, 0.25) is 0 Å². The quantitative estimate of drug-likeness (QED) is 0.827. The van der Waals surface area contributed by atoms with Gasteiger partial charge in [-0.05, 0) is 46.9 Å². The van der Waals surface area contributed by atoms with E-state index in [1.807, 2.05) is 24.3 Å². The topological polar surface area (TPSA) is 68.0 Å². The van der Waals surface area contributed by atoms with Crippen molar-refractivity contribution in [3.8, 4) is 0 Å². The van der Waals surface area contributed by atoms with Crippen LogP contribution in [0.4, 0.5) is 11.4 Å². The summed E-state index contributed by atoms with van der Waals surface area (Å²) in [5.74, 6) is -0.252. The molecule has 0 bridgehead atoms. The van der Waals surface area contributed by atoms with Crippen molar-refractivity contribution in [2.24, 2.45) is 0 Å². The number of pyridine rings is 1. The lowest BCUT2D eigenvalue weighted by Gasteiger charge is -2.07. The maximum Gasteiger partial charge on any atom is 0.259 e. The van der Waals surface area contributed by atoms with Crippen LogP contribution in [0.3, 0.4) is 0 Å². The van der Waals surface area contributed by atoms with E-state index < -0.39 is 0 Å². The summed E-state index contributed by atoms with van der Waals surface area (Å²) in [5.41, 5.74) is 7.24. The van der Waals surface area contributed by atoms with Crippen LogP contribution in [0.5, 0.6) is 0 Å². The zero-order valence-electron chi connectivity index (χ0n) is 8.85. The molecule has 1 heterocycles. The molecule has 1 aromatic carbocycles. The van der Waals surface area contributed by atoms with E-state index in [0.29, 0.717) is 11.3 Å². The Balaban J connectivity index is 2.20. The van der Waals surface area contributed by atoms with Gasteiger partial charge in [-0.1, -0.05) is 6.07 Å². The van der Waals surface area contributed by atoms with Gasteiger partial charge in [0.05, 0.1) is 5.56 Å². The fourth-order valence-corrected chi connectivity index (χ4v) is 1.90. The maximum absolute atomic E-state index is 11.9. The summed E-state index contributed by atoms with van der Waals surface area (Å²) in [4.78, 5) is 15.8. The molecule has 17 heavy (non-hydrogen) atoms. The molecule has 0 unspecified atom stereocenters. The molecule has 0 saturated heterocycles. The number of anilines is 2. The van der Waals surface area contributed by atoms with E-state index in [0.717, 1.165) is 9.26 Å². The summed E-state index contributed by atoms with van der Waals surface area (Å²) in [7, 11) is 0. The predicted octanol–water partition coefficient (Wildman–Crippen LogP) is 2.52. The summed E-state index contributed by atoms with van der Waals surface area (Å²) in [5, 5.41) is 2.78. The number of nitrogens with two attached hydrogens (primary N) is 1. The van der Waals surface area contributed by atoms with Crippen LogP contribution in [0.25, 0.3) is 0 Å². The fourth-order valence-electron chi connectivity index (χ4n) is 1.36. The van der Waals surface area contributed by atoms with Crippen molar-refractivity contribution in [2.45, 2.75) is 0 Å². The summed E-state index contributed by atoms with van der Waals surface area (Å²) in [6.07, 6.45) is 3.01. The minimum Gasteiger partial charge on any atom is -0.398 e. The van der Waals surface area contributed by atoms with Crippen molar-refractivity contribution >= 4 is 39.9 Å². The van der Waals surface area contributed by atoms with Gasteiger partial charge < -0.3 is 11.1 Å². The van der Waals surface area contributed by atoms with Crippen LogP contribution in [0.15, 0.2) is 42.7 Å². The molecule has 2 rings (SSSR count). The summed E-state index contributed by atoms with van der Waals surface area (Å²) in [6, 6.07) is 9.14. The van der Waals surface area contributed by atoms with Gasteiger partial charge in [0.25, 0.3) is 5.91 Å². The molecule has 0 aliphatic heterocycles. The number of nitrogen functional groups attached to an aromatic ring is 1. The van der Waals surface area contributed by atoms with Gasteiger partial charge in [-0.15, -0.1) is 0 Å². The van der Waals surface area contributed by atoms with E-state index in [1.165, 1.54) is 6.20 Å². The first-order valence-corrected chi connectivity index (χ1v) is 6.01. The normalized spacial score (nSPS) is 9.94. The lowest BCUT2D eigenvalue weighted by molar-refractivity contribution is 0.102. The number of nitrogens with zero attached hydrogens (tertiary/aromatic N) is 1. The Morgan fingerprint density at radius 1 is 1.35 bits per heavy atom. The molecular formula is C12H10IN3O. The molecule has 1 aromatic heterocycles. The number of carbonyl (C=O) groups excluding carboxylic acids is 1. The van der Waals surface area contributed by atoms with Crippen LogP contribution in [-0.2, 0) is 0 Å². The van der Waals surface area contributed by atoms with E-state index in [9.17, 15) is 4.79 Å². The Labute approximate surface area is 112 Å². The second-order valence-electron chi connectivity index (χ2n) is 3.43. The first-order chi connectivity index (χ1) is 8.16. The highest BCUT2D eigenvalue weighted by atomic mass is 127. The van der Waals surface area contributed by atoms with Crippen molar-refractivity contribution in [1.29, 1.82) is 0 Å². The largest absolute Gasteiger partial charge is 0.398 e. The molecule has 0 spiro atoms. The number of hydrogen-bond acceptors (Lipinski definition) is 3. The predicted molar refractivity (Wildman–Crippen MR) is 75.8 cm³/mol. The number of nitrogens with one attached hydrogen (secondary N) is 1. The van der Waals surface area contributed by atoms with Gasteiger partial charge in [-0.2, -0.15) is 0 Å². The highest BCUT2D eigenvalue weighted by Gasteiger charge is 2.09. The molecule has 3 N–H and O–H groups in total. The van der Waals surface area contributed by atoms with Crippen LogP contribution >= 0.6 is 22.6 Å². The third-order valence-corrected chi connectivity index (χ3v) is 2.85. The highest BCUT2D eigenvalue weighted by Crippen LogP contribution is 2.15. The first-order valence-electron chi connectivity index (χ1n) is 4.93. The maximum atomic E-state index is 11.9. The average Bonchev–Trinajstić information content (AvgIpc) is 2.29. The van der Waals surface area contributed by atoms with Crippen molar-refractivity contribution in [3.05, 3.63) is 51.9 Å². The van der Waals surface area contributed by atoms with Crippen molar-refractivity contribution in [2.75, 3.05) is 11.1 Å². The molecule has 0 atom stereocenters. The van der Waals surface area contributed by atoms with Crippen LogP contribution in [0.2, 0.25) is 0 Å². The zero-order chi connectivity index (χ0) is 12.3. The smallest absolute Gasteiger partial charge is 0.259 e. The zero-order valence-corrected chi connectivity index (χ0v) is 11.0. The van der Waals surface area contributed by atoms with Crippen LogP contribution in [0, 0.1) is 3.57 Å². The summed E-state index contributed by atoms with van der Waals surface area (Å²) < 4.78 is 1.06. The van der Waals surface area contributed by atoms with Gasteiger partial charge in [0, 0.05) is 27.3 Å². The molecular weight excluding hydrogens is 329 g/mol. The Bertz CT molecular complexity index is 557. The second-order valence-corrected chi connectivity index (χ2v) is 4.67. The first kappa shape index (κ1) is 11.8. The summed E-state index contributed by atoms with van der Waals surface area (Å²) in [6.45, 7) is 0. The molecule has 0 radical (unpaired) electrons. The lowest BCUT2D eigenvalue weighted by Crippen LogP contribution is -2.14. The lowest BCUT2D eigenvalue weighted by atomic mass is 10.2. The van der Waals surface area contributed by atoms with E-state index in [-0.39, 0.29) is 5.91 Å². The van der Waals surface area contributed by atoms with Crippen molar-refractivity contribution < 1.29 is 4.79 Å². The number of amides is 1. The molecule has 0 aliphatic rings. The van der Waals surface area contributed by atoms with Crippen molar-refractivity contribution in [1.82, 2.24) is 4.98 Å². The Morgan fingerprint density at radius 3 is 2.88 bits per heavy atom. The highest BCUT2D eigenvalue weighted by molar-refractivity contribution is 14.1. The van der Waals surface area contributed by atoms with Gasteiger partial charge in [0.1, 0.15) is 0 Å². The standard InChI is InChI=1S/C12H10IN3O/c13-8-2-1-3-9(6-8)16-12(17)10-7-15-5-4-11(10)14/h1-7H,(H2,14,15)(H,16,17). The van der Waals surface area contributed by atoms with Crippen LogP contribution in [0.1, 0.15) is 10.4 Å². The number of hydrogen-bond donors (Lipinski definition) is 2. The third kappa shape index (κ3) is 2.94. The Hall–Kier alpha value is -1.63. The fraction of sp³-hybridized carbons (Fsp3) is 0. The van der Waals surface area contributed by atoms with Gasteiger partial charge in [-0.25, -0.2) is 0 Å². The van der Waals surface area contributed by atoms with E-state index in [1.54, 1.807) is 12.3 Å². The number of rotatable bonds is 2. The third-order valence-electron chi connectivity index (χ3n) is 2.18. The molecule has 86 valence electrons. The monoisotopic (exact) mass is 339 g/mol. The summed E-state index contributed by atoms with van der Waals surface area (Å²) >= 11 is 2.19. The molecule has 1 amide bonds. The van der Waals surface area contributed by atoms with E-state index in [4.69, 9.17) is 5.73 Å². The molecule has 0 saturated carbocycles. The second kappa shape index (κ2) is 5.13. The van der Waals surface area contributed by atoms with Gasteiger partial charge in [0.15, 0.2) is 0 Å². The van der Waals surface area contributed by atoms with Gasteiger partial charge >= 0.3 is 0 Å². The molecule has 5 heteroatoms. The molecule has 4 nitrogen and oxygen atoms in total. The number of halogens is 1. The number of carbonyl (C=O) groups is 1.